The molecular formula is C17H24O2S. The van der Waals surface area contributed by atoms with Crippen molar-refractivity contribution in [3.8, 4) is 11.5 Å². The maximum Gasteiger partial charge on any atom is 0.161 e. The molecule has 2 fully saturated rings. The summed E-state index contributed by atoms with van der Waals surface area (Å²) in [5, 5.41) is 0. The molecule has 1 unspecified atom stereocenters. The van der Waals surface area contributed by atoms with E-state index in [1.807, 2.05) is 0 Å². The summed E-state index contributed by atoms with van der Waals surface area (Å²) in [7, 11) is 1.73. The van der Waals surface area contributed by atoms with Gasteiger partial charge >= 0.3 is 0 Å². The van der Waals surface area contributed by atoms with Gasteiger partial charge in [0.15, 0.2) is 11.5 Å². The first-order valence-corrected chi connectivity index (χ1v) is 8.94. The summed E-state index contributed by atoms with van der Waals surface area (Å²) in [6.07, 6.45) is 8.00. The number of rotatable bonds is 4. The molecule has 1 saturated carbocycles. The molecule has 2 nitrogen and oxygen atoms in total. The van der Waals surface area contributed by atoms with Crippen LogP contribution in [0.15, 0.2) is 18.2 Å². The molecule has 0 bridgehead atoms. The van der Waals surface area contributed by atoms with Crippen molar-refractivity contribution in [1.82, 2.24) is 0 Å². The highest BCUT2D eigenvalue weighted by Crippen LogP contribution is 2.37. The van der Waals surface area contributed by atoms with E-state index in [9.17, 15) is 0 Å². The van der Waals surface area contributed by atoms with Crippen LogP contribution in [0.25, 0.3) is 0 Å². The smallest absolute Gasteiger partial charge is 0.161 e. The minimum atomic E-state index is 0.389. The molecule has 3 heteroatoms. The Morgan fingerprint density at radius 1 is 1.05 bits per heavy atom. The molecule has 3 rings (SSSR count). The van der Waals surface area contributed by atoms with Gasteiger partial charge in [-0.1, -0.05) is 6.07 Å². The van der Waals surface area contributed by atoms with E-state index in [1.54, 1.807) is 7.11 Å². The molecule has 1 aliphatic heterocycles. The van der Waals surface area contributed by atoms with E-state index < -0.39 is 0 Å². The molecule has 0 amide bonds. The van der Waals surface area contributed by atoms with E-state index in [1.165, 1.54) is 55.6 Å². The van der Waals surface area contributed by atoms with Gasteiger partial charge in [0.1, 0.15) is 0 Å². The lowest BCUT2D eigenvalue weighted by Gasteiger charge is -2.23. The summed E-state index contributed by atoms with van der Waals surface area (Å²) in [5.41, 5.74) is 1.42. The van der Waals surface area contributed by atoms with Crippen LogP contribution in [0.2, 0.25) is 0 Å². The third kappa shape index (κ3) is 3.25. The third-order valence-electron chi connectivity index (χ3n) is 4.42. The van der Waals surface area contributed by atoms with Crippen molar-refractivity contribution in [3.63, 3.8) is 0 Å². The maximum absolute atomic E-state index is 6.20. The second kappa shape index (κ2) is 6.75. The van der Waals surface area contributed by atoms with E-state index in [0.29, 0.717) is 12.0 Å². The van der Waals surface area contributed by atoms with E-state index >= 15 is 0 Å². The van der Waals surface area contributed by atoms with Crippen molar-refractivity contribution in [2.45, 2.75) is 50.5 Å². The predicted octanol–water partition coefficient (Wildman–Crippen LogP) is 4.63. The topological polar surface area (TPSA) is 18.5 Å². The highest BCUT2D eigenvalue weighted by Gasteiger charge is 2.21. The first-order chi connectivity index (χ1) is 9.86. The molecule has 1 heterocycles. The van der Waals surface area contributed by atoms with Crippen molar-refractivity contribution < 1.29 is 9.47 Å². The zero-order valence-corrected chi connectivity index (χ0v) is 13.1. The monoisotopic (exact) mass is 292 g/mol. The van der Waals surface area contributed by atoms with Crippen molar-refractivity contribution in [2.75, 3.05) is 18.6 Å². The zero-order valence-electron chi connectivity index (χ0n) is 12.3. The largest absolute Gasteiger partial charge is 0.493 e. The Kier molecular flexibility index (Phi) is 4.77. The minimum Gasteiger partial charge on any atom is -0.493 e. The number of hydrogen-bond donors (Lipinski definition) is 0. The average Bonchev–Trinajstić information content (AvgIpc) is 3.01. The fourth-order valence-corrected chi connectivity index (χ4v) is 4.41. The van der Waals surface area contributed by atoms with Gasteiger partial charge < -0.3 is 9.47 Å². The lowest BCUT2D eigenvalue weighted by atomic mass is 9.95. The van der Waals surface area contributed by atoms with Crippen molar-refractivity contribution in [3.05, 3.63) is 23.8 Å². The number of benzene rings is 1. The maximum atomic E-state index is 6.20. The molecule has 0 N–H and O–H groups in total. The molecule has 2 aliphatic rings. The first kappa shape index (κ1) is 14.1. The summed E-state index contributed by atoms with van der Waals surface area (Å²) in [5.74, 6) is 5.08. The van der Waals surface area contributed by atoms with Gasteiger partial charge in [-0.2, -0.15) is 11.8 Å². The molecule has 1 aliphatic carbocycles. The fourth-order valence-electron chi connectivity index (χ4n) is 3.23. The quantitative estimate of drug-likeness (QED) is 0.806. The Labute approximate surface area is 126 Å². The highest BCUT2D eigenvalue weighted by molar-refractivity contribution is 7.99. The summed E-state index contributed by atoms with van der Waals surface area (Å²) in [6.45, 7) is 0. The lowest BCUT2D eigenvalue weighted by molar-refractivity contribution is 0.200. The molecule has 1 saturated heterocycles. The Morgan fingerprint density at radius 3 is 2.60 bits per heavy atom. The Bertz CT molecular complexity index is 435. The van der Waals surface area contributed by atoms with Crippen molar-refractivity contribution in [2.24, 2.45) is 0 Å². The van der Waals surface area contributed by atoms with Gasteiger partial charge in [0.05, 0.1) is 13.2 Å². The van der Waals surface area contributed by atoms with E-state index in [-0.39, 0.29) is 0 Å². The molecule has 1 aromatic rings. The number of hydrogen-bond acceptors (Lipinski definition) is 3. The number of methoxy groups -OCH3 is 1. The number of ether oxygens (including phenoxy) is 2. The van der Waals surface area contributed by atoms with Gasteiger partial charge in [-0.25, -0.2) is 0 Å². The summed E-state index contributed by atoms with van der Waals surface area (Å²) in [4.78, 5) is 0. The van der Waals surface area contributed by atoms with Crippen LogP contribution in [0, 0.1) is 0 Å². The van der Waals surface area contributed by atoms with Crippen LogP contribution < -0.4 is 9.47 Å². The Hall–Kier alpha value is -0.830. The Morgan fingerprint density at radius 2 is 1.90 bits per heavy atom. The summed E-state index contributed by atoms with van der Waals surface area (Å²) in [6, 6.07) is 6.53. The second-order valence-corrected chi connectivity index (χ2v) is 7.00. The fraction of sp³-hybridized carbons (Fsp3) is 0.647. The van der Waals surface area contributed by atoms with Crippen LogP contribution in [0.1, 0.15) is 50.0 Å². The second-order valence-electron chi connectivity index (χ2n) is 5.85. The minimum absolute atomic E-state index is 0.389. The summed E-state index contributed by atoms with van der Waals surface area (Å²) >= 11 is 2.07. The van der Waals surface area contributed by atoms with Gasteiger partial charge in [0.2, 0.25) is 0 Å². The van der Waals surface area contributed by atoms with Crippen LogP contribution in [0.5, 0.6) is 11.5 Å². The molecule has 0 radical (unpaired) electrons. The van der Waals surface area contributed by atoms with Gasteiger partial charge in [-0.3, -0.25) is 0 Å². The van der Waals surface area contributed by atoms with Crippen LogP contribution in [-0.2, 0) is 0 Å². The van der Waals surface area contributed by atoms with Crippen molar-refractivity contribution >= 4 is 11.8 Å². The SMILES string of the molecule is COc1ccc(C2CCCSC2)cc1OC1CCCC1. The molecule has 1 atom stereocenters. The summed E-state index contributed by atoms with van der Waals surface area (Å²) < 4.78 is 11.7. The zero-order chi connectivity index (χ0) is 13.8. The van der Waals surface area contributed by atoms with E-state index in [2.05, 4.69) is 30.0 Å². The van der Waals surface area contributed by atoms with Crippen LogP contribution in [0.3, 0.4) is 0 Å². The molecule has 0 aromatic heterocycles. The third-order valence-corrected chi connectivity index (χ3v) is 5.63. The standard InChI is InChI=1S/C17H24O2S/c1-18-16-9-8-13(14-5-4-10-20-12-14)11-17(16)19-15-6-2-3-7-15/h8-9,11,14-15H,2-7,10,12H2,1H3. The number of thioether (sulfide) groups is 1. The van der Waals surface area contributed by atoms with Gasteiger partial charge in [-0.05, 0) is 67.9 Å². The molecular weight excluding hydrogens is 268 g/mol. The highest BCUT2D eigenvalue weighted by atomic mass is 32.2. The predicted molar refractivity (Wildman–Crippen MR) is 85.2 cm³/mol. The normalized spacial score (nSPS) is 23.8. The van der Waals surface area contributed by atoms with Crippen LogP contribution in [-0.4, -0.2) is 24.7 Å². The average molecular weight is 292 g/mol. The van der Waals surface area contributed by atoms with Crippen LogP contribution >= 0.6 is 11.8 Å². The van der Waals surface area contributed by atoms with Crippen molar-refractivity contribution in [1.29, 1.82) is 0 Å². The molecule has 0 spiro atoms. The van der Waals surface area contributed by atoms with Gasteiger partial charge in [0, 0.05) is 5.75 Å². The molecule has 1 aromatic carbocycles. The first-order valence-electron chi connectivity index (χ1n) is 7.79. The van der Waals surface area contributed by atoms with Crippen LogP contribution in [0.4, 0.5) is 0 Å². The lowest BCUT2D eigenvalue weighted by Crippen LogP contribution is -2.13. The van der Waals surface area contributed by atoms with Gasteiger partial charge in [0.25, 0.3) is 0 Å². The van der Waals surface area contributed by atoms with E-state index in [4.69, 9.17) is 9.47 Å². The van der Waals surface area contributed by atoms with E-state index in [0.717, 1.165) is 11.5 Å². The molecule has 20 heavy (non-hydrogen) atoms. The van der Waals surface area contributed by atoms with Gasteiger partial charge in [-0.15, -0.1) is 0 Å². The Balaban J connectivity index is 1.78. The molecule has 110 valence electrons.